The quantitative estimate of drug-likeness (QED) is 0.160. The molecule has 0 heterocycles. The zero-order valence-corrected chi connectivity index (χ0v) is 19.5. The van der Waals surface area contributed by atoms with Crippen LogP contribution in [0.15, 0.2) is 29.4 Å². The summed E-state index contributed by atoms with van der Waals surface area (Å²) >= 11 is 0. The van der Waals surface area contributed by atoms with E-state index in [9.17, 15) is 40.3 Å². The summed E-state index contributed by atoms with van der Waals surface area (Å²) in [6.45, 7) is 1.07. The van der Waals surface area contributed by atoms with Crippen molar-refractivity contribution in [2.45, 2.75) is 50.8 Å². The van der Waals surface area contributed by atoms with Gasteiger partial charge in [0, 0.05) is 5.92 Å². The van der Waals surface area contributed by atoms with Gasteiger partial charge in [0.15, 0.2) is 23.3 Å². The number of alkyl halides is 3. The van der Waals surface area contributed by atoms with E-state index < -0.39 is 64.4 Å². The first kappa shape index (κ1) is 27.9. The molecule has 2 atom stereocenters. The van der Waals surface area contributed by atoms with Gasteiger partial charge in [-0.2, -0.15) is 13.2 Å². The molecule has 6 nitrogen and oxygen atoms in total. The topological polar surface area (TPSA) is 77.0 Å². The van der Waals surface area contributed by atoms with Gasteiger partial charge in [0.25, 0.3) is 5.91 Å². The van der Waals surface area contributed by atoms with Crippen molar-refractivity contribution in [1.29, 1.82) is 0 Å². The van der Waals surface area contributed by atoms with Crippen molar-refractivity contribution in [3.05, 3.63) is 64.2 Å². The van der Waals surface area contributed by atoms with Crippen molar-refractivity contribution >= 4 is 23.3 Å². The standard InChI is InChI=1S/C24H21F7N2O4/c1-11(22(34)32-21-19(27)17(25)16(24(29,30)31)18(26)20(21)28)33-37-15-6-4-3-5-14(15)12-7-9-13(10-8-12)23(35)36-2/h7-10,14-15H,3-6H2,1-2H3,(H,32,34)/b33-11+. The fourth-order valence-corrected chi connectivity index (χ4v) is 3.97. The predicted molar refractivity (Wildman–Crippen MR) is 117 cm³/mol. The van der Waals surface area contributed by atoms with Crippen molar-refractivity contribution in [2.24, 2.45) is 5.16 Å². The van der Waals surface area contributed by atoms with Crippen LogP contribution < -0.4 is 5.32 Å². The molecule has 2 unspecified atom stereocenters. The second kappa shape index (κ2) is 11.2. The van der Waals surface area contributed by atoms with E-state index in [4.69, 9.17) is 4.84 Å². The van der Waals surface area contributed by atoms with Crippen LogP contribution in [-0.4, -0.2) is 30.8 Å². The molecule has 37 heavy (non-hydrogen) atoms. The number of rotatable bonds is 6. The maximum atomic E-state index is 14.1. The molecule has 200 valence electrons. The molecule has 1 fully saturated rings. The summed E-state index contributed by atoms with van der Waals surface area (Å²) in [6, 6.07) is 6.61. The first-order valence-electron chi connectivity index (χ1n) is 11.0. The summed E-state index contributed by atoms with van der Waals surface area (Å²) in [7, 11) is 1.26. The number of hydrogen-bond acceptors (Lipinski definition) is 5. The fourth-order valence-electron chi connectivity index (χ4n) is 3.97. The molecule has 2 aromatic carbocycles. The third kappa shape index (κ3) is 6.03. The molecule has 3 rings (SSSR count). The van der Waals surface area contributed by atoms with E-state index in [-0.39, 0.29) is 5.92 Å². The molecule has 1 amide bonds. The van der Waals surface area contributed by atoms with Gasteiger partial charge in [0.2, 0.25) is 0 Å². The maximum absolute atomic E-state index is 14.1. The molecule has 0 saturated heterocycles. The van der Waals surface area contributed by atoms with Gasteiger partial charge >= 0.3 is 12.1 Å². The van der Waals surface area contributed by atoms with Crippen LogP contribution >= 0.6 is 0 Å². The Morgan fingerprint density at radius 3 is 2.05 bits per heavy atom. The first-order valence-corrected chi connectivity index (χ1v) is 11.0. The number of anilines is 1. The minimum absolute atomic E-state index is 0.173. The van der Waals surface area contributed by atoms with Crippen molar-refractivity contribution < 1.29 is 49.9 Å². The molecule has 1 aliphatic carbocycles. The van der Waals surface area contributed by atoms with Crippen molar-refractivity contribution in [3.63, 3.8) is 0 Å². The molecule has 0 radical (unpaired) electrons. The highest BCUT2D eigenvalue weighted by molar-refractivity contribution is 6.42. The number of carbonyl (C=O) groups excluding carboxylic acids is 2. The number of halogens is 7. The monoisotopic (exact) mass is 534 g/mol. The van der Waals surface area contributed by atoms with Gasteiger partial charge in [-0.05, 0) is 43.9 Å². The Labute approximate surface area is 206 Å². The highest BCUT2D eigenvalue weighted by atomic mass is 19.4. The lowest BCUT2D eigenvalue weighted by atomic mass is 9.81. The Kier molecular flexibility index (Phi) is 8.44. The maximum Gasteiger partial charge on any atom is 0.422 e. The summed E-state index contributed by atoms with van der Waals surface area (Å²) in [6.07, 6.45) is -3.34. The van der Waals surface area contributed by atoms with E-state index in [2.05, 4.69) is 9.89 Å². The lowest BCUT2D eigenvalue weighted by Gasteiger charge is -2.30. The molecule has 0 spiro atoms. The number of nitrogens with one attached hydrogen (secondary N) is 1. The largest absolute Gasteiger partial charge is 0.465 e. The second-order valence-corrected chi connectivity index (χ2v) is 8.28. The number of hydrogen-bond donors (Lipinski definition) is 1. The zero-order chi connectivity index (χ0) is 27.5. The fraction of sp³-hybridized carbons (Fsp3) is 0.375. The number of carbonyl (C=O) groups is 2. The van der Waals surface area contributed by atoms with Gasteiger partial charge in [-0.3, -0.25) is 4.79 Å². The second-order valence-electron chi connectivity index (χ2n) is 8.28. The molecule has 0 bridgehead atoms. The van der Waals surface area contributed by atoms with Crippen LogP contribution in [0.4, 0.5) is 36.4 Å². The van der Waals surface area contributed by atoms with E-state index in [1.54, 1.807) is 24.3 Å². The SMILES string of the molecule is COC(=O)c1ccc(C2CCCCC2O/N=C(\C)C(=O)Nc2c(F)c(F)c(C(F)(F)F)c(F)c2F)cc1. The average Bonchev–Trinajstić information content (AvgIpc) is 2.87. The lowest BCUT2D eigenvalue weighted by molar-refractivity contribution is -0.143. The molecule has 1 N–H and O–H groups in total. The minimum Gasteiger partial charge on any atom is -0.465 e. The van der Waals surface area contributed by atoms with E-state index in [0.717, 1.165) is 25.3 Å². The number of methoxy groups -OCH3 is 1. The summed E-state index contributed by atoms with van der Waals surface area (Å²) in [4.78, 5) is 29.4. The molecular formula is C24H21F7N2O4. The molecule has 2 aromatic rings. The minimum atomic E-state index is -5.71. The molecule has 1 saturated carbocycles. The highest BCUT2D eigenvalue weighted by Gasteiger charge is 2.42. The van der Waals surface area contributed by atoms with Crippen LogP contribution in [0.1, 0.15) is 60.0 Å². The number of esters is 1. The van der Waals surface area contributed by atoms with E-state index in [1.165, 1.54) is 12.4 Å². The average molecular weight is 534 g/mol. The molecule has 13 heteroatoms. The Bertz CT molecular complexity index is 1180. The van der Waals surface area contributed by atoms with E-state index in [0.29, 0.717) is 18.4 Å². The van der Waals surface area contributed by atoms with Crippen LogP contribution in [0.25, 0.3) is 0 Å². The highest BCUT2D eigenvalue weighted by Crippen LogP contribution is 2.39. The summed E-state index contributed by atoms with van der Waals surface area (Å²) in [5.41, 5.74) is -3.82. The van der Waals surface area contributed by atoms with Crippen LogP contribution in [0.2, 0.25) is 0 Å². The molecular weight excluding hydrogens is 513 g/mol. The Morgan fingerprint density at radius 1 is 0.946 bits per heavy atom. The molecule has 0 aliphatic heterocycles. The number of benzene rings is 2. The lowest BCUT2D eigenvalue weighted by Crippen LogP contribution is -2.27. The van der Waals surface area contributed by atoms with Crippen LogP contribution in [-0.2, 0) is 20.5 Å². The molecule has 0 aromatic heterocycles. The van der Waals surface area contributed by atoms with Gasteiger partial charge in [0.05, 0.1) is 12.7 Å². The van der Waals surface area contributed by atoms with Gasteiger partial charge < -0.3 is 14.9 Å². The van der Waals surface area contributed by atoms with Crippen LogP contribution in [0, 0.1) is 23.3 Å². The van der Waals surface area contributed by atoms with Crippen molar-refractivity contribution in [2.75, 3.05) is 12.4 Å². The summed E-state index contributed by atoms with van der Waals surface area (Å²) < 4.78 is 98.6. The van der Waals surface area contributed by atoms with Gasteiger partial charge in [0.1, 0.15) is 23.1 Å². The smallest absolute Gasteiger partial charge is 0.422 e. The van der Waals surface area contributed by atoms with E-state index >= 15 is 0 Å². The first-order chi connectivity index (χ1) is 17.4. The van der Waals surface area contributed by atoms with Crippen molar-refractivity contribution in [1.82, 2.24) is 0 Å². The number of oxime groups is 1. The number of nitrogens with zero attached hydrogens (tertiary/aromatic N) is 1. The zero-order valence-electron chi connectivity index (χ0n) is 19.5. The summed E-state index contributed by atoms with van der Waals surface area (Å²) in [5.74, 6) is -12.3. The van der Waals surface area contributed by atoms with E-state index in [1.807, 2.05) is 0 Å². The van der Waals surface area contributed by atoms with Gasteiger partial charge in [-0.25, -0.2) is 22.4 Å². The third-order valence-corrected chi connectivity index (χ3v) is 5.90. The Hall–Kier alpha value is -3.64. The predicted octanol–water partition coefficient (Wildman–Crippen LogP) is 6.11. The summed E-state index contributed by atoms with van der Waals surface area (Å²) in [5, 5.41) is 5.16. The normalized spacial score (nSPS) is 18.4. The van der Waals surface area contributed by atoms with Crippen molar-refractivity contribution in [3.8, 4) is 0 Å². The molecule has 1 aliphatic rings. The number of ether oxygens (including phenoxy) is 1. The van der Waals surface area contributed by atoms with Gasteiger partial charge in [-0.15, -0.1) is 0 Å². The Balaban J connectivity index is 1.77. The van der Waals surface area contributed by atoms with Gasteiger partial charge in [-0.1, -0.05) is 23.7 Å². The number of amides is 1. The third-order valence-electron chi connectivity index (χ3n) is 5.90. The van der Waals surface area contributed by atoms with Crippen LogP contribution in [0.5, 0.6) is 0 Å². The Morgan fingerprint density at radius 2 is 1.51 bits per heavy atom. The van der Waals surface area contributed by atoms with Crippen LogP contribution in [0.3, 0.4) is 0 Å².